The first kappa shape index (κ1) is 18.0. The Bertz CT molecular complexity index is 611. The maximum atomic E-state index is 12.9. The summed E-state index contributed by atoms with van der Waals surface area (Å²) in [5.74, 6) is 2.03. The molecular formula is C20H32N4O2. The van der Waals surface area contributed by atoms with Gasteiger partial charge in [0.2, 0.25) is 5.91 Å². The van der Waals surface area contributed by atoms with Crippen LogP contribution >= 0.6 is 0 Å². The predicted octanol–water partition coefficient (Wildman–Crippen LogP) is 2.07. The number of carbonyl (C=O) groups excluding carboxylic acids is 1. The summed E-state index contributed by atoms with van der Waals surface area (Å²) in [4.78, 5) is 22.0. The second-order valence-electron chi connectivity index (χ2n) is 8.21. The minimum atomic E-state index is 0.353. The Morgan fingerprint density at radius 2 is 2.00 bits per heavy atom. The number of rotatable bonds is 5. The summed E-state index contributed by atoms with van der Waals surface area (Å²) in [5, 5.41) is 0. The molecule has 0 spiro atoms. The number of hydrogen-bond acceptors (Lipinski definition) is 4. The summed E-state index contributed by atoms with van der Waals surface area (Å²) in [6.07, 6.45) is 10.1. The number of fused-ring (bicyclic) bond motifs is 4. The average Bonchev–Trinajstić information content (AvgIpc) is 2.88. The van der Waals surface area contributed by atoms with Crippen LogP contribution in [0.25, 0.3) is 0 Å². The summed E-state index contributed by atoms with van der Waals surface area (Å²) in [5.41, 5.74) is 0. The van der Waals surface area contributed by atoms with Crippen LogP contribution in [0, 0.1) is 12.8 Å². The molecule has 2 bridgehead atoms. The molecule has 5 rings (SSSR count). The van der Waals surface area contributed by atoms with Crippen LogP contribution in [0.2, 0.25) is 0 Å². The molecule has 0 radical (unpaired) electrons. The molecule has 26 heavy (non-hydrogen) atoms. The summed E-state index contributed by atoms with van der Waals surface area (Å²) < 4.78 is 7.67. The van der Waals surface area contributed by atoms with E-state index in [4.69, 9.17) is 4.74 Å². The van der Waals surface area contributed by atoms with E-state index in [0.717, 1.165) is 57.9 Å². The van der Waals surface area contributed by atoms with Crippen molar-refractivity contribution in [3.05, 3.63) is 18.2 Å². The summed E-state index contributed by atoms with van der Waals surface area (Å²) >= 11 is 0. The van der Waals surface area contributed by atoms with E-state index in [1.54, 1.807) is 0 Å². The third-order valence-electron chi connectivity index (χ3n) is 6.48. The average molecular weight is 361 g/mol. The Hall–Kier alpha value is -1.40. The van der Waals surface area contributed by atoms with Crippen LogP contribution in [-0.4, -0.2) is 70.2 Å². The third-order valence-corrected chi connectivity index (χ3v) is 6.48. The van der Waals surface area contributed by atoms with Gasteiger partial charge in [0.05, 0.1) is 0 Å². The first-order valence-corrected chi connectivity index (χ1v) is 10.3. The Morgan fingerprint density at radius 1 is 1.15 bits per heavy atom. The normalized spacial score (nSPS) is 27.7. The zero-order valence-electron chi connectivity index (χ0n) is 16.0. The number of aryl methyl sites for hydroxylation is 2. The molecule has 144 valence electrons. The highest BCUT2D eigenvalue weighted by Crippen LogP contribution is 2.31. The molecule has 0 saturated carbocycles. The van der Waals surface area contributed by atoms with Gasteiger partial charge in [-0.1, -0.05) is 0 Å². The van der Waals surface area contributed by atoms with E-state index in [1.165, 1.54) is 19.4 Å². The van der Waals surface area contributed by atoms with Crippen LogP contribution in [0.5, 0.6) is 0 Å². The van der Waals surface area contributed by atoms with Crippen LogP contribution in [0.1, 0.15) is 44.3 Å². The zero-order valence-corrected chi connectivity index (χ0v) is 16.0. The Kier molecular flexibility index (Phi) is 5.60. The van der Waals surface area contributed by atoms with Crippen molar-refractivity contribution < 1.29 is 9.53 Å². The number of nitrogens with zero attached hydrogens (tertiary/aromatic N) is 4. The molecule has 1 aromatic heterocycles. The van der Waals surface area contributed by atoms with Gasteiger partial charge < -0.3 is 14.2 Å². The maximum Gasteiger partial charge on any atom is 0.222 e. The Labute approximate surface area is 156 Å². The van der Waals surface area contributed by atoms with Crippen molar-refractivity contribution in [1.29, 1.82) is 0 Å². The second-order valence-corrected chi connectivity index (χ2v) is 8.21. The number of ether oxygens (including phenoxy) is 1. The lowest BCUT2D eigenvalue weighted by atomic mass is 9.94. The zero-order chi connectivity index (χ0) is 17.9. The largest absolute Gasteiger partial charge is 0.381 e. The molecule has 6 nitrogen and oxygen atoms in total. The van der Waals surface area contributed by atoms with E-state index >= 15 is 0 Å². The third kappa shape index (κ3) is 3.96. The minimum Gasteiger partial charge on any atom is -0.381 e. The highest BCUT2D eigenvalue weighted by atomic mass is 16.5. The van der Waals surface area contributed by atoms with Crippen molar-refractivity contribution in [2.24, 2.45) is 5.92 Å². The predicted molar refractivity (Wildman–Crippen MR) is 99.8 cm³/mol. The molecule has 4 aliphatic heterocycles. The highest BCUT2D eigenvalue weighted by molar-refractivity contribution is 5.76. The number of hydrogen-bond donors (Lipinski definition) is 0. The summed E-state index contributed by atoms with van der Waals surface area (Å²) in [6.45, 7) is 7.88. The molecule has 4 saturated heterocycles. The van der Waals surface area contributed by atoms with Crippen molar-refractivity contribution in [3.8, 4) is 0 Å². The van der Waals surface area contributed by atoms with Crippen molar-refractivity contribution in [3.63, 3.8) is 0 Å². The molecule has 6 heteroatoms. The van der Waals surface area contributed by atoms with Gasteiger partial charge in [0, 0.05) is 70.3 Å². The van der Waals surface area contributed by atoms with Gasteiger partial charge in [-0.2, -0.15) is 0 Å². The summed E-state index contributed by atoms with van der Waals surface area (Å²) in [7, 11) is 0. The SMILES string of the molecule is Cc1nccn1CCCC(=O)N1C[C@H]2CC[C@@H]1CN(C1CCOCC1)C2. The van der Waals surface area contributed by atoms with Gasteiger partial charge in [0.1, 0.15) is 5.82 Å². The molecule has 4 fully saturated rings. The fourth-order valence-electron chi connectivity index (χ4n) is 4.96. The van der Waals surface area contributed by atoms with E-state index in [0.29, 0.717) is 30.3 Å². The van der Waals surface area contributed by atoms with Crippen LogP contribution in [0.3, 0.4) is 0 Å². The smallest absolute Gasteiger partial charge is 0.222 e. The lowest BCUT2D eigenvalue weighted by molar-refractivity contribution is -0.135. The van der Waals surface area contributed by atoms with Crippen LogP contribution in [0.4, 0.5) is 0 Å². The Balaban J connectivity index is 1.32. The van der Waals surface area contributed by atoms with E-state index in [1.807, 2.05) is 19.3 Å². The monoisotopic (exact) mass is 360 g/mol. The topological polar surface area (TPSA) is 50.6 Å². The number of aromatic nitrogens is 2. The fourth-order valence-corrected chi connectivity index (χ4v) is 4.96. The van der Waals surface area contributed by atoms with Gasteiger partial charge in [0.25, 0.3) is 0 Å². The number of amides is 1. The molecule has 0 N–H and O–H groups in total. The van der Waals surface area contributed by atoms with Crippen LogP contribution in [0.15, 0.2) is 12.4 Å². The first-order chi connectivity index (χ1) is 12.7. The van der Waals surface area contributed by atoms with Crippen molar-refractivity contribution in [2.75, 3.05) is 32.8 Å². The molecule has 0 aromatic carbocycles. The van der Waals surface area contributed by atoms with Crippen LogP contribution < -0.4 is 0 Å². The van der Waals surface area contributed by atoms with Gasteiger partial charge in [-0.15, -0.1) is 0 Å². The fraction of sp³-hybridized carbons (Fsp3) is 0.800. The number of carbonyl (C=O) groups is 1. The van der Waals surface area contributed by atoms with Crippen LogP contribution in [-0.2, 0) is 16.1 Å². The molecule has 1 aromatic rings. The molecule has 0 aliphatic carbocycles. The number of piperidine rings is 1. The molecule has 5 heterocycles. The van der Waals surface area contributed by atoms with Crippen molar-refractivity contribution >= 4 is 5.91 Å². The highest BCUT2D eigenvalue weighted by Gasteiger charge is 2.38. The van der Waals surface area contributed by atoms with Gasteiger partial charge >= 0.3 is 0 Å². The van der Waals surface area contributed by atoms with Gasteiger partial charge in [0.15, 0.2) is 0 Å². The molecule has 0 unspecified atom stereocenters. The first-order valence-electron chi connectivity index (χ1n) is 10.3. The lowest BCUT2D eigenvalue weighted by Gasteiger charge is -2.37. The second kappa shape index (κ2) is 8.09. The van der Waals surface area contributed by atoms with Gasteiger partial charge in [-0.3, -0.25) is 9.69 Å². The standard InChI is InChI=1S/C20H32N4O2/c1-16-21-8-10-22(16)9-2-3-20(25)24-14-17-4-5-19(24)15-23(13-17)18-6-11-26-12-7-18/h8,10,17-19H,2-7,9,11-15H2,1H3/t17-,19+/m0/s1. The Morgan fingerprint density at radius 3 is 2.77 bits per heavy atom. The van der Waals surface area contributed by atoms with Gasteiger partial charge in [-0.25, -0.2) is 4.98 Å². The molecule has 1 amide bonds. The van der Waals surface area contributed by atoms with E-state index in [-0.39, 0.29) is 0 Å². The maximum absolute atomic E-state index is 12.9. The molecule has 2 atom stereocenters. The van der Waals surface area contributed by atoms with E-state index in [2.05, 4.69) is 19.4 Å². The quantitative estimate of drug-likeness (QED) is 0.807. The molecular weight excluding hydrogens is 328 g/mol. The van der Waals surface area contributed by atoms with E-state index in [9.17, 15) is 4.79 Å². The molecule has 4 aliphatic rings. The lowest BCUT2D eigenvalue weighted by Crippen LogP contribution is -2.48. The van der Waals surface area contributed by atoms with Crippen molar-refractivity contribution in [2.45, 2.75) is 64.1 Å². The van der Waals surface area contributed by atoms with E-state index < -0.39 is 0 Å². The van der Waals surface area contributed by atoms with Crippen molar-refractivity contribution in [1.82, 2.24) is 19.4 Å². The summed E-state index contributed by atoms with van der Waals surface area (Å²) in [6, 6.07) is 1.07. The van der Waals surface area contributed by atoms with Gasteiger partial charge in [-0.05, 0) is 44.9 Å². The minimum absolute atomic E-state index is 0.353. The number of imidazole rings is 1.